The van der Waals surface area contributed by atoms with E-state index in [0.717, 1.165) is 11.4 Å². The first-order chi connectivity index (χ1) is 14.1. The number of ether oxygens (including phenoxy) is 1. The third-order valence-electron chi connectivity index (χ3n) is 3.70. The number of carbonyl (C=O) groups is 1. The third kappa shape index (κ3) is 6.62. The van der Waals surface area contributed by atoms with Crippen LogP contribution in [0.3, 0.4) is 0 Å². The van der Waals surface area contributed by atoms with Crippen LogP contribution in [-0.2, 0) is 10.5 Å². The molecule has 148 valence electrons. The Morgan fingerprint density at radius 1 is 1.17 bits per heavy atom. The van der Waals surface area contributed by atoms with E-state index in [0.29, 0.717) is 16.6 Å². The number of aromatic hydroxyl groups is 1. The number of phenolic OH excluding ortho intramolecular Hbond substituents is 1. The molecule has 2 aromatic carbocycles. The summed E-state index contributed by atoms with van der Waals surface area (Å²) < 4.78 is 5.47. The first-order valence-corrected chi connectivity index (χ1v) is 9.84. The largest absolute Gasteiger partial charge is 0.507 e. The van der Waals surface area contributed by atoms with Crippen molar-refractivity contribution in [1.29, 1.82) is 0 Å². The number of amides is 1. The first-order valence-electron chi connectivity index (χ1n) is 8.85. The Morgan fingerprint density at radius 3 is 2.72 bits per heavy atom. The number of aromatic nitrogens is 2. The van der Waals surface area contributed by atoms with E-state index in [2.05, 4.69) is 20.5 Å². The van der Waals surface area contributed by atoms with Crippen molar-refractivity contribution in [3.63, 3.8) is 0 Å². The molecule has 2 N–H and O–H groups in total. The summed E-state index contributed by atoms with van der Waals surface area (Å²) in [5, 5.41) is 14.0. The Bertz CT molecular complexity index is 996. The van der Waals surface area contributed by atoms with Crippen LogP contribution in [0.5, 0.6) is 11.6 Å². The molecule has 0 bridgehead atoms. The molecule has 1 aromatic heterocycles. The number of hydrazone groups is 1. The molecule has 0 unspecified atom stereocenters. The SMILES string of the molecule is Cc1cc(OCC(=O)NN=Cc2ccccc2O)nc(SCc2ccccc2)n1. The van der Waals surface area contributed by atoms with Crippen LogP contribution in [-0.4, -0.2) is 33.8 Å². The van der Waals surface area contributed by atoms with Gasteiger partial charge in [0.15, 0.2) is 11.8 Å². The number of phenols is 1. The maximum Gasteiger partial charge on any atom is 0.278 e. The lowest BCUT2D eigenvalue weighted by atomic mass is 10.2. The van der Waals surface area contributed by atoms with Crippen LogP contribution in [0, 0.1) is 6.92 Å². The monoisotopic (exact) mass is 408 g/mol. The maximum atomic E-state index is 11.9. The second-order valence-corrected chi connectivity index (χ2v) is 6.99. The molecule has 8 heteroatoms. The van der Waals surface area contributed by atoms with Crippen LogP contribution < -0.4 is 10.2 Å². The van der Waals surface area contributed by atoms with E-state index in [-0.39, 0.29) is 12.4 Å². The van der Waals surface area contributed by atoms with Gasteiger partial charge in [-0.05, 0) is 24.6 Å². The third-order valence-corrected chi connectivity index (χ3v) is 4.62. The predicted octanol–water partition coefficient (Wildman–Crippen LogP) is 3.31. The number of hydrogen-bond acceptors (Lipinski definition) is 7. The molecule has 0 aliphatic rings. The van der Waals surface area contributed by atoms with Gasteiger partial charge in [0.1, 0.15) is 5.75 Å². The highest BCUT2D eigenvalue weighted by molar-refractivity contribution is 7.98. The summed E-state index contributed by atoms with van der Waals surface area (Å²) in [5.41, 5.74) is 4.78. The maximum absolute atomic E-state index is 11.9. The molecular weight excluding hydrogens is 388 g/mol. The van der Waals surface area contributed by atoms with Crippen molar-refractivity contribution in [3.8, 4) is 11.6 Å². The topological polar surface area (TPSA) is 96.7 Å². The van der Waals surface area contributed by atoms with Gasteiger partial charge in [-0.2, -0.15) is 10.1 Å². The molecule has 3 aromatic rings. The second-order valence-electron chi connectivity index (χ2n) is 6.05. The first kappa shape index (κ1) is 20.3. The van der Waals surface area contributed by atoms with Gasteiger partial charge in [0.2, 0.25) is 5.88 Å². The molecule has 3 rings (SSSR count). The zero-order valence-electron chi connectivity index (χ0n) is 15.8. The molecular formula is C21H20N4O3S. The fourth-order valence-corrected chi connectivity index (χ4v) is 3.17. The number of benzene rings is 2. The number of thioether (sulfide) groups is 1. The van der Waals surface area contributed by atoms with Crippen molar-refractivity contribution in [2.75, 3.05) is 6.61 Å². The van der Waals surface area contributed by atoms with Crippen molar-refractivity contribution >= 4 is 23.9 Å². The minimum atomic E-state index is -0.438. The number of para-hydroxylation sites is 1. The lowest BCUT2D eigenvalue weighted by Gasteiger charge is -2.07. The van der Waals surface area contributed by atoms with Crippen LogP contribution >= 0.6 is 11.8 Å². The van der Waals surface area contributed by atoms with Gasteiger partial charge >= 0.3 is 0 Å². The molecule has 0 radical (unpaired) electrons. The molecule has 29 heavy (non-hydrogen) atoms. The molecule has 0 aliphatic heterocycles. The smallest absolute Gasteiger partial charge is 0.278 e. The predicted molar refractivity (Wildman–Crippen MR) is 112 cm³/mol. The van der Waals surface area contributed by atoms with E-state index in [4.69, 9.17) is 4.74 Å². The van der Waals surface area contributed by atoms with Crippen LogP contribution in [0.4, 0.5) is 0 Å². The van der Waals surface area contributed by atoms with Crippen molar-refractivity contribution in [1.82, 2.24) is 15.4 Å². The summed E-state index contributed by atoms with van der Waals surface area (Å²) in [6, 6.07) is 18.4. The van der Waals surface area contributed by atoms with E-state index >= 15 is 0 Å². The van der Waals surface area contributed by atoms with E-state index in [1.165, 1.54) is 29.6 Å². The fraction of sp³-hybridized carbons (Fsp3) is 0.143. The van der Waals surface area contributed by atoms with Crippen LogP contribution in [0.25, 0.3) is 0 Å². The molecule has 0 spiro atoms. The van der Waals surface area contributed by atoms with E-state index < -0.39 is 5.91 Å². The van der Waals surface area contributed by atoms with Gasteiger partial charge in [-0.3, -0.25) is 4.79 Å². The van der Waals surface area contributed by atoms with Gasteiger partial charge in [-0.1, -0.05) is 54.2 Å². The van der Waals surface area contributed by atoms with Crippen LogP contribution in [0.15, 0.2) is 70.9 Å². The van der Waals surface area contributed by atoms with Crippen molar-refractivity contribution in [3.05, 3.63) is 77.5 Å². The summed E-state index contributed by atoms with van der Waals surface area (Å²) in [5.74, 6) is 0.712. The number of rotatable bonds is 8. The molecule has 0 atom stereocenters. The molecule has 0 saturated carbocycles. The second kappa shape index (κ2) is 10.2. The molecule has 1 heterocycles. The summed E-state index contributed by atoms with van der Waals surface area (Å²) in [4.78, 5) is 20.6. The van der Waals surface area contributed by atoms with Crippen LogP contribution in [0.2, 0.25) is 0 Å². The van der Waals surface area contributed by atoms with Gasteiger partial charge in [0, 0.05) is 23.1 Å². The Morgan fingerprint density at radius 2 is 1.93 bits per heavy atom. The van der Waals surface area contributed by atoms with E-state index in [1.807, 2.05) is 37.3 Å². The van der Waals surface area contributed by atoms with Crippen molar-refractivity contribution < 1.29 is 14.6 Å². The molecule has 0 aliphatic carbocycles. The van der Waals surface area contributed by atoms with E-state index in [9.17, 15) is 9.90 Å². The van der Waals surface area contributed by atoms with Gasteiger partial charge in [0.25, 0.3) is 5.91 Å². The lowest BCUT2D eigenvalue weighted by molar-refractivity contribution is -0.123. The number of nitrogens with zero attached hydrogens (tertiary/aromatic N) is 3. The quantitative estimate of drug-likeness (QED) is 0.257. The average molecular weight is 408 g/mol. The van der Waals surface area contributed by atoms with Crippen molar-refractivity contribution in [2.24, 2.45) is 5.10 Å². The minimum Gasteiger partial charge on any atom is -0.507 e. The standard InChI is InChI=1S/C21H20N4O3S/c1-15-11-20(24-21(23-15)29-14-16-7-3-2-4-8-16)28-13-19(27)25-22-12-17-9-5-6-10-18(17)26/h2-12,26H,13-14H2,1H3,(H,25,27). The Kier molecular flexibility index (Phi) is 7.18. The average Bonchev–Trinajstić information content (AvgIpc) is 2.73. The number of aryl methyl sites for hydroxylation is 1. The summed E-state index contributed by atoms with van der Waals surface area (Å²) >= 11 is 1.50. The van der Waals surface area contributed by atoms with Gasteiger partial charge in [-0.15, -0.1) is 0 Å². The normalized spacial score (nSPS) is 10.8. The zero-order valence-corrected chi connectivity index (χ0v) is 16.6. The summed E-state index contributed by atoms with van der Waals surface area (Å²) in [7, 11) is 0. The summed E-state index contributed by atoms with van der Waals surface area (Å²) in [6.07, 6.45) is 1.36. The van der Waals surface area contributed by atoms with E-state index in [1.54, 1.807) is 24.3 Å². The molecule has 7 nitrogen and oxygen atoms in total. The molecule has 0 saturated heterocycles. The Labute approximate surface area is 172 Å². The van der Waals surface area contributed by atoms with Crippen molar-refractivity contribution in [2.45, 2.75) is 17.8 Å². The Balaban J connectivity index is 1.51. The number of nitrogens with one attached hydrogen (secondary N) is 1. The minimum absolute atomic E-state index is 0.0822. The molecule has 1 amide bonds. The highest BCUT2D eigenvalue weighted by atomic mass is 32.2. The van der Waals surface area contributed by atoms with Gasteiger partial charge in [0.05, 0.1) is 6.21 Å². The highest BCUT2D eigenvalue weighted by Gasteiger charge is 2.07. The number of hydrogen-bond donors (Lipinski definition) is 2. The summed E-state index contributed by atoms with van der Waals surface area (Å²) in [6.45, 7) is 1.61. The zero-order chi connectivity index (χ0) is 20.5. The fourth-order valence-electron chi connectivity index (χ4n) is 2.32. The van der Waals surface area contributed by atoms with Gasteiger partial charge < -0.3 is 9.84 Å². The lowest BCUT2D eigenvalue weighted by Crippen LogP contribution is -2.25. The highest BCUT2D eigenvalue weighted by Crippen LogP contribution is 2.22. The van der Waals surface area contributed by atoms with Gasteiger partial charge in [-0.25, -0.2) is 10.4 Å². The number of carbonyl (C=O) groups excluding carboxylic acids is 1. The van der Waals surface area contributed by atoms with Crippen LogP contribution in [0.1, 0.15) is 16.8 Å². The Hall–Kier alpha value is -3.39. The molecule has 0 fully saturated rings.